The van der Waals surface area contributed by atoms with Crippen LogP contribution in [0, 0.1) is 0 Å². The molecule has 0 aromatic rings. The molecule has 96 valence electrons. The number of rotatable bonds is 5. The predicted molar refractivity (Wildman–Crippen MR) is 75.3 cm³/mol. The zero-order valence-electron chi connectivity index (χ0n) is 11.5. The number of nitrogens with zero attached hydrogens (tertiary/aromatic N) is 1. The third-order valence-corrected chi connectivity index (χ3v) is 4.65. The molecule has 0 spiro atoms. The van der Waals surface area contributed by atoms with Gasteiger partial charge in [-0.25, -0.2) is 0 Å². The summed E-state index contributed by atoms with van der Waals surface area (Å²) in [5.74, 6) is 1.28. The van der Waals surface area contributed by atoms with Crippen LogP contribution in [0.2, 0.25) is 0 Å². The van der Waals surface area contributed by atoms with E-state index in [2.05, 4.69) is 44.2 Å². The molecule has 2 nitrogen and oxygen atoms in total. The van der Waals surface area contributed by atoms with Crippen LogP contribution in [-0.4, -0.2) is 47.6 Å². The van der Waals surface area contributed by atoms with Gasteiger partial charge in [0.15, 0.2) is 0 Å². The first-order chi connectivity index (χ1) is 7.52. The van der Waals surface area contributed by atoms with Crippen molar-refractivity contribution in [2.45, 2.75) is 58.2 Å². The molecular formula is C13H28N2S. The zero-order valence-corrected chi connectivity index (χ0v) is 12.4. The molecule has 3 atom stereocenters. The lowest BCUT2D eigenvalue weighted by Crippen LogP contribution is -2.63. The van der Waals surface area contributed by atoms with Crippen molar-refractivity contribution < 1.29 is 0 Å². The lowest BCUT2D eigenvalue weighted by molar-refractivity contribution is 0.0591. The fourth-order valence-electron chi connectivity index (χ4n) is 2.41. The van der Waals surface area contributed by atoms with E-state index >= 15 is 0 Å². The molecular weight excluding hydrogens is 216 g/mol. The monoisotopic (exact) mass is 244 g/mol. The lowest BCUT2D eigenvalue weighted by atomic mass is 9.92. The highest BCUT2D eigenvalue weighted by atomic mass is 32.2. The van der Waals surface area contributed by atoms with Crippen LogP contribution in [0.3, 0.4) is 0 Å². The number of hydrogen-bond acceptors (Lipinski definition) is 3. The molecule has 1 heterocycles. The molecule has 0 aromatic heterocycles. The van der Waals surface area contributed by atoms with Crippen LogP contribution in [0.4, 0.5) is 0 Å². The zero-order chi connectivity index (χ0) is 12.2. The molecule has 1 N–H and O–H groups in total. The van der Waals surface area contributed by atoms with E-state index in [-0.39, 0.29) is 0 Å². The smallest absolute Gasteiger partial charge is 0.0278 e. The summed E-state index contributed by atoms with van der Waals surface area (Å²) in [6, 6.07) is 1.40. The fraction of sp³-hybridized carbons (Fsp3) is 1.00. The molecule has 0 saturated carbocycles. The van der Waals surface area contributed by atoms with Gasteiger partial charge in [-0.1, -0.05) is 6.92 Å². The van der Waals surface area contributed by atoms with Crippen LogP contribution in [0.5, 0.6) is 0 Å². The topological polar surface area (TPSA) is 15.3 Å². The SMILES string of the molecule is CCC1(C)CN(C(C)CCSC)C(C)CN1. The quantitative estimate of drug-likeness (QED) is 0.800. The Morgan fingerprint density at radius 1 is 1.56 bits per heavy atom. The van der Waals surface area contributed by atoms with Crippen molar-refractivity contribution in [1.29, 1.82) is 0 Å². The number of nitrogens with one attached hydrogen (secondary N) is 1. The van der Waals surface area contributed by atoms with Crippen molar-refractivity contribution in [3.63, 3.8) is 0 Å². The summed E-state index contributed by atoms with van der Waals surface area (Å²) >= 11 is 1.96. The molecule has 0 amide bonds. The molecule has 3 heteroatoms. The van der Waals surface area contributed by atoms with Crippen molar-refractivity contribution in [2.75, 3.05) is 25.1 Å². The first-order valence-corrected chi connectivity index (χ1v) is 7.91. The Morgan fingerprint density at radius 3 is 2.81 bits per heavy atom. The van der Waals surface area contributed by atoms with E-state index in [1.54, 1.807) is 0 Å². The molecule has 3 unspecified atom stereocenters. The Kier molecular flexibility index (Phi) is 5.62. The van der Waals surface area contributed by atoms with Gasteiger partial charge in [-0.05, 0) is 45.6 Å². The van der Waals surface area contributed by atoms with Gasteiger partial charge in [-0.3, -0.25) is 4.90 Å². The lowest BCUT2D eigenvalue weighted by Gasteiger charge is -2.47. The summed E-state index contributed by atoms with van der Waals surface area (Å²) in [5.41, 5.74) is 0.320. The van der Waals surface area contributed by atoms with E-state index in [0.717, 1.165) is 12.6 Å². The second-order valence-electron chi connectivity index (χ2n) is 5.45. The highest BCUT2D eigenvalue weighted by molar-refractivity contribution is 7.98. The Morgan fingerprint density at radius 2 is 2.25 bits per heavy atom. The number of hydrogen-bond donors (Lipinski definition) is 1. The minimum absolute atomic E-state index is 0.320. The molecule has 0 aliphatic carbocycles. The van der Waals surface area contributed by atoms with Crippen LogP contribution in [0.1, 0.15) is 40.5 Å². The van der Waals surface area contributed by atoms with E-state index < -0.39 is 0 Å². The summed E-state index contributed by atoms with van der Waals surface area (Å²) in [6.45, 7) is 11.7. The number of piperazine rings is 1. The van der Waals surface area contributed by atoms with Gasteiger partial charge in [0.2, 0.25) is 0 Å². The predicted octanol–water partition coefficient (Wildman–Crippen LogP) is 2.59. The van der Waals surface area contributed by atoms with Crippen molar-refractivity contribution in [3.05, 3.63) is 0 Å². The molecule has 16 heavy (non-hydrogen) atoms. The molecule has 0 aromatic carbocycles. The Balaban J connectivity index is 2.55. The minimum Gasteiger partial charge on any atom is -0.309 e. The normalized spacial score (nSPS) is 33.9. The first-order valence-electron chi connectivity index (χ1n) is 6.52. The summed E-state index contributed by atoms with van der Waals surface area (Å²) in [6.07, 6.45) is 4.72. The van der Waals surface area contributed by atoms with Gasteiger partial charge in [-0.2, -0.15) is 11.8 Å². The van der Waals surface area contributed by atoms with Gasteiger partial charge in [0.25, 0.3) is 0 Å². The average Bonchev–Trinajstić information content (AvgIpc) is 2.29. The molecule has 1 aliphatic heterocycles. The van der Waals surface area contributed by atoms with Gasteiger partial charge < -0.3 is 5.32 Å². The largest absolute Gasteiger partial charge is 0.309 e. The maximum Gasteiger partial charge on any atom is 0.0278 e. The molecule has 0 bridgehead atoms. The number of thioether (sulfide) groups is 1. The second kappa shape index (κ2) is 6.27. The van der Waals surface area contributed by atoms with E-state index in [1.807, 2.05) is 11.8 Å². The highest BCUT2D eigenvalue weighted by Gasteiger charge is 2.34. The molecule has 0 radical (unpaired) electrons. The van der Waals surface area contributed by atoms with Gasteiger partial charge in [-0.15, -0.1) is 0 Å². The highest BCUT2D eigenvalue weighted by Crippen LogP contribution is 2.22. The van der Waals surface area contributed by atoms with Crippen molar-refractivity contribution in [2.24, 2.45) is 0 Å². The molecule has 1 saturated heterocycles. The van der Waals surface area contributed by atoms with Crippen LogP contribution in [-0.2, 0) is 0 Å². The summed E-state index contributed by atoms with van der Waals surface area (Å²) in [5, 5.41) is 3.69. The molecule has 1 aliphatic rings. The van der Waals surface area contributed by atoms with Gasteiger partial charge in [0, 0.05) is 30.7 Å². The van der Waals surface area contributed by atoms with Gasteiger partial charge >= 0.3 is 0 Å². The van der Waals surface area contributed by atoms with E-state index in [9.17, 15) is 0 Å². The van der Waals surface area contributed by atoms with Crippen LogP contribution < -0.4 is 5.32 Å². The third-order valence-electron chi connectivity index (χ3n) is 4.01. The van der Waals surface area contributed by atoms with Crippen molar-refractivity contribution >= 4 is 11.8 Å². The Labute approximate surface area is 106 Å². The van der Waals surface area contributed by atoms with Crippen LogP contribution >= 0.6 is 11.8 Å². The Hall–Kier alpha value is 0.270. The minimum atomic E-state index is 0.320. The summed E-state index contributed by atoms with van der Waals surface area (Å²) in [4.78, 5) is 2.69. The molecule has 1 rings (SSSR count). The first kappa shape index (κ1) is 14.3. The van der Waals surface area contributed by atoms with Crippen molar-refractivity contribution in [3.8, 4) is 0 Å². The van der Waals surface area contributed by atoms with Crippen molar-refractivity contribution in [1.82, 2.24) is 10.2 Å². The van der Waals surface area contributed by atoms with Crippen LogP contribution in [0.15, 0.2) is 0 Å². The second-order valence-corrected chi connectivity index (χ2v) is 6.43. The average molecular weight is 244 g/mol. The fourth-order valence-corrected chi connectivity index (χ4v) is 2.98. The summed E-state index contributed by atoms with van der Waals surface area (Å²) < 4.78 is 0. The van der Waals surface area contributed by atoms with Crippen LogP contribution in [0.25, 0.3) is 0 Å². The third kappa shape index (κ3) is 3.64. The molecule has 1 fully saturated rings. The Bertz CT molecular complexity index is 210. The van der Waals surface area contributed by atoms with Gasteiger partial charge in [0.1, 0.15) is 0 Å². The maximum atomic E-state index is 3.69. The van der Waals surface area contributed by atoms with E-state index in [4.69, 9.17) is 0 Å². The maximum absolute atomic E-state index is 3.69. The van der Waals surface area contributed by atoms with E-state index in [1.165, 1.54) is 25.1 Å². The van der Waals surface area contributed by atoms with Gasteiger partial charge in [0.05, 0.1) is 0 Å². The van der Waals surface area contributed by atoms with E-state index in [0.29, 0.717) is 11.6 Å². The standard InChI is InChI=1S/C13H28N2S/c1-6-13(4)10-15(12(3)9-14-13)11(2)7-8-16-5/h11-12,14H,6-10H2,1-5H3. The summed E-state index contributed by atoms with van der Waals surface area (Å²) in [7, 11) is 0.